The Balaban J connectivity index is 2.22. The van der Waals surface area contributed by atoms with Crippen LogP contribution in [0.25, 0.3) is 0 Å². The minimum absolute atomic E-state index is 0.215. The fraction of sp³-hybridized carbons (Fsp3) is 0.385. The van der Waals surface area contributed by atoms with Crippen molar-refractivity contribution in [3.8, 4) is 0 Å². The van der Waals surface area contributed by atoms with Crippen LogP contribution < -0.4 is 5.32 Å². The molecule has 0 saturated carbocycles. The number of hydrogen-bond acceptors (Lipinski definition) is 3. The van der Waals surface area contributed by atoms with E-state index in [1.807, 2.05) is 0 Å². The molecule has 1 heterocycles. The summed E-state index contributed by atoms with van der Waals surface area (Å²) in [7, 11) is 1.17. The van der Waals surface area contributed by atoms with Crippen molar-refractivity contribution in [1.82, 2.24) is 4.90 Å². The highest BCUT2D eigenvalue weighted by atomic mass is 79.9. The lowest BCUT2D eigenvalue weighted by molar-refractivity contribution is 0.0595. The van der Waals surface area contributed by atoms with Crippen LogP contribution in [0.5, 0.6) is 0 Å². The zero-order chi connectivity index (χ0) is 14.7. The molecule has 0 unspecified atom stereocenters. The van der Waals surface area contributed by atoms with E-state index < -0.39 is 11.8 Å². The van der Waals surface area contributed by atoms with Gasteiger partial charge in [0.1, 0.15) is 5.82 Å². The number of nitrogens with one attached hydrogen (secondary N) is 1. The summed E-state index contributed by atoms with van der Waals surface area (Å²) in [6.45, 7) is 1.41. The van der Waals surface area contributed by atoms with Crippen molar-refractivity contribution in [2.24, 2.45) is 0 Å². The van der Waals surface area contributed by atoms with Crippen LogP contribution in [-0.4, -0.2) is 37.1 Å². The van der Waals surface area contributed by atoms with Crippen molar-refractivity contribution < 1.29 is 18.7 Å². The smallest absolute Gasteiger partial charge is 0.340 e. The van der Waals surface area contributed by atoms with Crippen LogP contribution in [0.4, 0.5) is 14.9 Å². The number of ether oxygens (including phenoxy) is 1. The number of carbonyl (C=O) groups excluding carboxylic acids is 2. The monoisotopic (exact) mass is 344 g/mol. The number of esters is 1. The fourth-order valence-corrected chi connectivity index (χ4v) is 2.44. The molecule has 0 atom stereocenters. The van der Waals surface area contributed by atoms with Crippen molar-refractivity contribution >= 4 is 33.6 Å². The zero-order valence-corrected chi connectivity index (χ0v) is 12.5. The highest BCUT2D eigenvalue weighted by Gasteiger charge is 2.21. The van der Waals surface area contributed by atoms with Gasteiger partial charge in [0.05, 0.1) is 18.4 Å². The van der Waals surface area contributed by atoms with E-state index in [1.165, 1.54) is 13.2 Å². The van der Waals surface area contributed by atoms with Gasteiger partial charge in [-0.05, 0) is 40.9 Å². The van der Waals surface area contributed by atoms with Crippen LogP contribution in [0.15, 0.2) is 16.6 Å². The van der Waals surface area contributed by atoms with Gasteiger partial charge in [-0.1, -0.05) is 0 Å². The normalized spacial score (nSPS) is 14.2. The molecule has 0 aromatic heterocycles. The Hall–Kier alpha value is -1.63. The number of benzene rings is 1. The maximum Gasteiger partial charge on any atom is 0.340 e. The molecule has 5 nitrogen and oxygen atoms in total. The van der Waals surface area contributed by atoms with Gasteiger partial charge in [0, 0.05) is 17.6 Å². The average molecular weight is 345 g/mol. The Morgan fingerprint density at radius 3 is 2.60 bits per heavy atom. The minimum Gasteiger partial charge on any atom is -0.465 e. The maximum absolute atomic E-state index is 13.7. The molecular formula is C13H14BrFN2O3. The number of carbonyl (C=O) groups is 2. The molecule has 0 bridgehead atoms. The van der Waals surface area contributed by atoms with Gasteiger partial charge in [-0.2, -0.15) is 0 Å². The second kappa shape index (κ2) is 6.21. The number of nitrogens with zero attached hydrogens (tertiary/aromatic N) is 1. The van der Waals surface area contributed by atoms with E-state index in [9.17, 15) is 14.0 Å². The van der Waals surface area contributed by atoms with Crippen LogP contribution in [-0.2, 0) is 4.74 Å². The third-order valence-electron chi connectivity index (χ3n) is 3.10. The Bertz CT molecular complexity index is 545. The van der Waals surface area contributed by atoms with Crippen molar-refractivity contribution in [2.75, 3.05) is 25.5 Å². The molecule has 108 valence electrons. The lowest BCUT2D eigenvalue weighted by Crippen LogP contribution is -2.32. The van der Waals surface area contributed by atoms with Gasteiger partial charge in [-0.15, -0.1) is 0 Å². The summed E-state index contributed by atoms with van der Waals surface area (Å²) in [5, 5.41) is 2.66. The topological polar surface area (TPSA) is 58.6 Å². The highest BCUT2D eigenvalue weighted by Crippen LogP contribution is 2.27. The van der Waals surface area contributed by atoms with E-state index in [-0.39, 0.29) is 11.6 Å². The van der Waals surface area contributed by atoms with Gasteiger partial charge in [0.15, 0.2) is 0 Å². The van der Waals surface area contributed by atoms with E-state index in [0.29, 0.717) is 23.2 Å². The molecule has 1 aromatic carbocycles. The predicted molar refractivity (Wildman–Crippen MR) is 75.3 cm³/mol. The summed E-state index contributed by atoms with van der Waals surface area (Å²) >= 11 is 3.16. The number of amides is 2. The molecule has 1 aliphatic heterocycles. The lowest BCUT2D eigenvalue weighted by atomic mass is 10.2. The van der Waals surface area contributed by atoms with Gasteiger partial charge in [-0.3, -0.25) is 0 Å². The SMILES string of the molecule is COC(=O)c1cc(NC(=O)N2CCCC2)c(Br)cc1F. The Morgan fingerprint density at radius 2 is 2.00 bits per heavy atom. The van der Waals surface area contributed by atoms with E-state index in [4.69, 9.17) is 0 Å². The zero-order valence-electron chi connectivity index (χ0n) is 10.9. The van der Waals surface area contributed by atoms with Crippen molar-refractivity contribution in [3.63, 3.8) is 0 Å². The molecule has 1 aliphatic rings. The van der Waals surface area contributed by atoms with Crippen molar-refractivity contribution in [3.05, 3.63) is 28.0 Å². The van der Waals surface area contributed by atoms with E-state index in [1.54, 1.807) is 4.90 Å². The fourth-order valence-electron chi connectivity index (χ4n) is 2.03. The third-order valence-corrected chi connectivity index (χ3v) is 3.75. The summed E-state index contributed by atoms with van der Waals surface area (Å²) in [6, 6.07) is 2.14. The van der Waals surface area contributed by atoms with Crippen LogP contribution in [0.3, 0.4) is 0 Å². The molecule has 1 saturated heterocycles. The van der Waals surface area contributed by atoms with Crippen molar-refractivity contribution in [1.29, 1.82) is 0 Å². The summed E-state index contributed by atoms with van der Waals surface area (Å²) in [6.07, 6.45) is 1.96. The molecular weight excluding hydrogens is 331 g/mol. The first-order chi connectivity index (χ1) is 9.52. The quantitative estimate of drug-likeness (QED) is 0.839. The second-order valence-electron chi connectivity index (χ2n) is 4.43. The van der Waals surface area contributed by atoms with Gasteiger partial charge in [-0.25, -0.2) is 14.0 Å². The number of urea groups is 1. The number of methoxy groups -OCH3 is 1. The average Bonchev–Trinajstić information content (AvgIpc) is 2.95. The molecule has 1 aromatic rings. The number of rotatable bonds is 2. The first-order valence-corrected chi connectivity index (χ1v) is 6.95. The predicted octanol–water partition coefficient (Wildman–Crippen LogP) is 3.00. The molecule has 0 radical (unpaired) electrons. The Kier molecular flexibility index (Phi) is 4.59. The van der Waals surface area contributed by atoms with Gasteiger partial charge >= 0.3 is 12.0 Å². The van der Waals surface area contributed by atoms with Gasteiger partial charge in [0.2, 0.25) is 0 Å². The Morgan fingerprint density at radius 1 is 1.35 bits per heavy atom. The Labute approximate surface area is 124 Å². The first kappa shape index (κ1) is 14.8. The highest BCUT2D eigenvalue weighted by molar-refractivity contribution is 9.10. The standard InChI is InChI=1S/C13H14BrFN2O3/c1-20-12(18)8-6-11(9(14)7-10(8)15)16-13(19)17-4-2-3-5-17/h6-7H,2-5H2,1H3,(H,16,19). The minimum atomic E-state index is -0.785. The van der Waals surface area contributed by atoms with E-state index in [2.05, 4.69) is 26.0 Å². The molecule has 20 heavy (non-hydrogen) atoms. The van der Waals surface area contributed by atoms with E-state index >= 15 is 0 Å². The van der Waals surface area contributed by atoms with E-state index in [0.717, 1.165) is 18.9 Å². The molecule has 0 aliphatic carbocycles. The molecule has 0 spiro atoms. The molecule has 1 N–H and O–H groups in total. The first-order valence-electron chi connectivity index (χ1n) is 6.16. The number of halogens is 2. The lowest BCUT2D eigenvalue weighted by Gasteiger charge is -2.17. The van der Waals surface area contributed by atoms with Crippen LogP contribution in [0.1, 0.15) is 23.2 Å². The van der Waals surface area contributed by atoms with Crippen molar-refractivity contribution in [2.45, 2.75) is 12.8 Å². The molecule has 2 rings (SSSR count). The number of likely N-dealkylation sites (tertiary alicyclic amines) is 1. The van der Waals surface area contributed by atoms with Crippen LogP contribution in [0, 0.1) is 5.82 Å². The summed E-state index contributed by atoms with van der Waals surface area (Å²) < 4.78 is 18.5. The maximum atomic E-state index is 13.7. The summed E-state index contributed by atoms with van der Waals surface area (Å²) in [5.74, 6) is -1.49. The summed E-state index contributed by atoms with van der Waals surface area (Å²) in [4.78, 5) is 25.1. The molecule has 7 heteroatoms. The molecule has 1 fully saturated rings. The van der Waals surface area contributed by atoms with Gasteiger partial charge in [0.25, 0.3) is 0 Å². The number of hydrogen-bond donors (Lipinski definition) is 1. The summed E-state index contributed by atoms with van der Waals surface area (Å²) in [5.41, 5.74) is 0.121. The third kappa shape index (κ3) is 3.09. The van der Waals surface area contributed by atoms with Gasteiger partial charge < -0.3 is 15.0 Å². The molecule has 2 amide bonds. The van der Waals surface area contributed by atoms with Crippen LogP contribution in [0.2, 0.25) is 0 Å². The number of anilines is 1. The van der Waals surface area contributed by atoms with Crippen LogP contribution >= 0.6 is 15.9 Å². The largest absolute Gasteiger partial charge is 0.465 e. The second-order valence-corrected chi connectivity index (χ2v) is 5.28.